The van der Waals surface area contributed by atoms with Gasteiger partial charge in [-0.3, -0.25) is 9.78 Å². The number of pyridine rings is 1. The summed E-state index contributed by atoms with van der Waals surface area (Å²) in [5.41, 5.74) is 0.437. The molecule has 0 saturated heterocycles. The number of hydrogen-bond donors (Lipinski definition) is 0. The normalized spacial score (nSPS) is 9.43. The number of nitriles is 1. The van der Waals surface area contributed by atoms with Gasteiger partial charge < -0.3 is 0 Å². The van der Waals surface area contributed by atoms with Crippen molar-refractivity contribution in [2.45, 2.75) is 19.3 Å². The molecule has 0 bridgehead atoms. The first-order valence-corrected chi connectivity index (χ1v) is 4.63. The molecule has 72 valence electrons. The lowest BCUT2D eigenvalue weighted by molar-refractivity contribution is 0.0980. The van der Waals surface area contributed by atoms with Crippen LogP contribution in [0.4, 0.5) is 0 Å². The summed E-state index contributed by atoms with van der Waals surface area (Å²) in [7, 11) is 0. The number of rotatable bonds is 4. The molecule has 0 aromatic carbocycles. The molecule has 0 amide bonds. The van der Waals surface area contributed by atoms with Gasteiger partial charge in [0, 0.05) is 25.2 Å². The average Bonchev–Trinajstić information content (AvgIpc) is 2.18. The van der Waals surface area contributed by atoms with Gasteiger partial charge in [-0.15, -0.1) is 0 Å². The predicted octanol–water partition coefficient (Wildman–Crippen LogP) is 2.61. The number of carbonyl (C=O) groups excluding carboxylic acids is 1. The molecule has 0 aliphatic heterocycles. The largest absolute Gasteiger partial charge is 0.294 e. The van der Waals surface area contributed by atoms with Gasteiger partial charge in [-0.2, -0.15) is 5.26 Å². The van der Waals surface area contributed by atoms with E-state index < -0.39 is 0 Å². The van der Waals surface area contributed by atoms with E-state index in [0.29, 0.717) is 29.8 Å². The number of ketones is 1. The Morgan fingerprint density at radius 1 is 1.64 bits per heavy atom. The number of Topliss-reactive ketones (excluding diaryl/α,β-unsaturated/α-hetero) is 1. The van der Waals surface area contributed by atoms with Crippen molar-refractivity contribution in [2.24, 2.45) is 0 Å². The molecule has 0 saturated carbocycles. The lowest BCUT2D eigenvalue weighted by Crippen LogP contribution is -2.00. The molecule has 1 aromatic heterocycles. The Balaban J connectivity index is 2.62. The van der Waals surface area contributed by atoms with E-state index in [1.807, 2.05) is 6.07 Å². The molecule has 0 unspecified atom stereocenters. The summed E-state index contributed by atoms with van der Waals surface area (Å²) in [6.07, 6.45) is 4.30. The van der Waals surface area contributed by atoms with Crippen LogP contribution >= 0.6 is 11.6 Å². The maximum atomic E-state index is 11.5. The quantitative estimate of drug-likeness (QED) is 0.565. The zero-order valence-electron chi connectivity index (χ0n) is 7.53. The number of unbranched alkanes of at least 4 members (excludes halogenated alkanes) is 1. The Morgan fingerprint density at radius 3 is 3.07 bits per heavy atom. The molecule has 1 aromatic rings. The number of aromatic nitrogens is 1. The van der Waals surface area contributed by atoms with Crippen LogP contribution < -0.4 is 0 Å². The highest BCUT2D eigenvalue weighted by molar-refractivity contribution is 6.33. The van der Waals surface area contributed by atoms with Gasteiger partial charge in [0.1, 0.15) is 0 Å². The van der Waals surface area contributed by atoms with Crippen molar-refractivity contribution < 1.29 is 4.79 Å². The minimum atomic E-state index is -0.0571. The van der Waals surface area contributed by atoms with Crippen LogP contribution in [0.15, 0.2) is 18.5 Å². The molecule has 3 nitrogen and oxygen atoms in total. The summed E-state index contributed by atoms with van der Waals surface area (Å²) in [5.74, 6) is -0.0571. The molecule has 0 radical (unpaired) electrons. The molecule has 0 aliphatic rings. The van der Waals surface area contributed by atoms with Gasteiger partial charge in [0.25, 0.3) is 0 Å². The first-order chi connectivity index (χ1) is 6.75. The van der Waals surface area contributed by atoms with Crippen LogP contribution in [0.1, 0.15) is 29.6 Å². The average molecular weight is 209 g/mol. The standard InChI is InChI=1S/C10H9ClN2O/c11-9-4-6-13-7-8(9)10(14)3-1-2-5-12/h4,6-7H,1-3H2. The third kappa shape index (κ3) is 2.82. The van der Waals surface area contributed by atoms with Crippen LogP contribution in [0.2, 0.25) is 5.02 Å². The first kappa shape index (κ1) is 10.7. The molecule has 0 N–H and O–H groups in total. The van der Waals surface area contributed by atoms with E-state index in [2.05, 4.69) is 4.98 Å². The van der Waals surface area contributed by atoms with Crippen LogP contribution in [0.3, 0.4) is 0 Å². The Morgan fingerprint density at radius 2 is 2.43 bits per heavy atom. The third-order valence-electron chi connectivity index (χ3n) is 1.76. The molecule has 0 atom stereocenters. The van der Waals surface area contributed by atoms with Crippen LogP contribution in [0.5, 0.6) is 0 Å². The van der Waals surface area contributed by atoms with Gasteiger partial charge in [0.2, 0.25) is 0 Å². The van der Waals surface area contributed by atoms with Crippen molar-refractivity contribution in [1.82, 2.24) is 4.98 Å². The summed E-state index contributed by atoms with van der Waals surface area (Å²) in [6.45, 7) is 0. The highest BCUT2D eigenvalue weighted by Gasteiger charge is 2.09. The fourth-order valence-electron chi connectivity index (χ4n) is 1.05. The number of halogens is 1. The lowest BCUT2D eigenvalue weighted by atomic mass is 10.1. The van der Waals surface area contributed by atoms with E-state index in [0.717, 1.165) is 0 Å². The minimum absolute atomic E-state index is 0.0571. The second kappa shape index (κ2) is 5.36. The SMILES string of the molecule is N#CCCCC(=O)c1cnccc1Cl. The van der Waals surface area contributed by atoms with Crippen molar-refractivity contribution in [2.75, 3.05) is 0 Å². The fraction of sp³-hybridized carbons (Fsp3) is 0.300. The summed E-state index contributed by atoms with van der Waals surface area (Å²) in [5, 5.41) is 8.72. The molecule has 1 heterocycles. The number of hydrogen-bond acceptors (Lipinski definition) is 3. The smallest absolute Gasteiger partial charge is 0.165 e. The zero-order valence-corrected chi connectivity index (χ0v) is 8.29. The second-order valence-corrected chi connectivity index (χ2v) is 3.20. The van der Waals surface area contributed by atoms with Crippen LogP contribution in [-0.4, -0.2) is 10.8 Å². The minimum Gasteiger partial charge on any atom is -0.294 e. The maximum Gasteiger partial charge on any atom is 0.165 e. The van der Waals surface area contributed by atoms with Gasteiger partial charge in [-0.05, 0) is 12.5 Å². The van der Waals surface area contributed by atoms with Gasteiger partial charge in [0.05, 0.1) is 16.7 Å². The Labute approximate surface area is 87.3 Å². The first-order valence-electron chi connectivity index (χ1n) is 4.25. The zero-order chi connectivity index (χ0) is 10.4. The molecule has 14 heavy (non-hydrogen) atoms. The van der Waals surface area contributed by atoms with Gasteiger partial charge in [-0.25, -0.2) is 0 Å². The lowest BCUT2D eigenvalue weighted by Gasteiger charge is -2.00. The summed E-state index contributed by atoms with van der Waals surface area (Å²) in [4.78, 5) is 15.3. The number of carbonyl (C=O) groups is 1. The van der Waals surface area contributed by atoms with Gasteiger partial charge in [0.15, 0.2) is 5.78 Å². The van der Waals surface area contributed by atoms with Crippen LogP contribution in [0, 0.1) is 11.3 Å². The monoisotopic (exact) mass is 208 g/mol. The van der Waals surface area contributed by atoms with Gasteiger partial charge in [-0.1, -0.05) is 11.6 Å². The molecule has 4 heteroatoms. The molecule has 0 aliphatic carbocycles. The molecular formula is C10H9ClN2O. The Kier molecular flexibility index (Phi) is 4.09. The number of nitrogens with zero attached hydrogens (tertiary/aromatic N) is 2. The van der Waals surface area contributed by atoms with Crippen molar-refractivity contribution in [3.05, 3.63) is 29.0 Å². The molecule has 0 fully saturated rings. The summed E-state index contributed by atoms with van der Waals surface area (Å²) in [6, 6.07) is 3.57. The van der Waals surface area contributed by atoms with Crippen molar-refractivity contribution in [3.63, 3.8) is 0 Å². The highest BCUT2D eigenvalue weighted by atomic mass is 35.5. The maximum absolute atomic E-state index is 11.5. The third-order valence-corrected chi connectivity index (χ3v) is 2.09. The highest BCUT2D eigenvalue weighted by Crippen LogP contribution is 2.16. The topological polar surface area (TPSA) is 53.8 Å². The van der Waals surface area contributed by atoms with Crippen molar-refractivity contribution in [3.8, 4) is 6.07 Å². The van der Waals surface area contributed by atoms with Crippen LogP contribution in [0.25, 0.3) is 0 Å². The fourth-order valence-corrected chi connectivity index (χ4v) is 1.26. The van der Waals surface area contributed by atoms with E-state index in [-0.39, 0.29) is 5.78 Å². The predicted molar refractivity (Wildman–Crippen MR) is 53.0 cm³/mol. The van der Waals surface area contributed by atoms with E-state index in [9.17, 15) is 4.79 Å². The van der Waals surface area contributed by atoms with E-state index in [1.54, 1.807) is 6.07 Å². The second-order valence-electron chi connectivity index (χ2n) is 2.79. The Hall–Kier alpha value is -1.40. The molecule has 0 spiro atoms. The van der Waals surface area contributed by atoms with Crippen LogP contribution in [-0.2, 0) is 0 Å². The van der Waals surface area contributed by atoms with E-state index in [1.165, 1.54) is 12.4 Å². The summed E-state index contributed by atoms with van der Waals surface area (Å²) < 4.78 is 0. The Bertz CT molecular complexity index is 371. The molecule has 1 rings (SSSR count). The molecular weight excluding hydrogens is 200 g/mol. The van der Waals surface area contributed by atoms with E-state index >= 15 is 0 Å². The summed E-state index contributed by atoms with van der Waals surface area (Å²) >= 11 is 5.81. The van der Waals surface area contributed by atoms with Gasteiger partial charge >= 0.3 is 0 Å². The van der Waals surface area contributed by atoms with Crippen molar-refractivity contribution in [1.29, 1.82) is 5.26 Å². The van der Waals surface area contributed by atoms with E-state index in [4.69, 9.17) is 16.9 Å². The van der Waals surface area contributed by atoms with Crippen molar-refractivity contribution >= 4 is 17.4 Å².